The Morgan fingerprint density at radius 3 is 2.85 bits per heavy atom. The number of benzene rings is 1. The van der Waals surface area contributed by atoms with Gasteiger partial charge in [0.05, 0.1) is 16.3 Å². The molecular weight excluding hydrogens is 281 g/mol. The molecule has 0 amide bonds. The number of rotatable bonds is 2. The van der Waals surface area contributed by atoms with Gasteiger partial charge >= 0.3 is 0 Å². The molecule has 3 rings (SSSR count). The summed E-state index contributed by atoms with van der Waals surface area (Å²) >= 11 is 6.11. The van der Waals surface area contributed by atoms with E-state index in [1.165, 1.54) is 12.1 Å². The first kappa shape index (κ1) is 14.1. The van der Waals surface area contributed by atoms with Crippen LogP contribution in [0.5, 0.6) is 0 Å². The van der Waals surface area contributed by atoms with Crippen LogP contribution in [0.15, 0.2) is 18.2 Å². The molecule has 20 heavy (non-hydrogen) atoms. The first-order valence-electron chi connectivity index (χ1n) is 7.10. The summed E-state index contributed by atoms with van der Waals surface area (Å²) in [5.41, 5.74) is 0.592. The fraction of sp³-hybridized carbons (Fsp3) is 0.600. The lowest BCUT2D eigenvalue weighted by Gasteiger charge is -2.43. The van der Waals surface area contributed by atoms with E-state index >= 15 is 0 Å². The summed E-state index contributed by atoms with van der Waals surface area (Å²) in [4.78, 5) is 0. The molecule has 0 radical (unpaired) electrons. The molecule has 0 saturated carbocycles. The normalized spacial score (nSPS) is 25.6. The maximum Gasteiger partial charge on any atom is 0.125 e. The van der Waals surface area contributed by atoms with Gasteiger partial charge in [0.15, 0.2) is 0 Å². The molecule has 1 spiro atoms. The molecule has 2 fully saturated rings. The number of hydrogen-bond acceptors (Lipinski definition) is 3. The maximum atomic E-state index is 13.3. The molecule has 2 aliphatic heterocycles. The van der Waals surface area contributed by atoms with Gasteiger partial charge < -0.3 is 14.8 Å². The van der Waals surface area contributed by atoms with Crippen molar-refractivity contribution in [2.24, 2.45) is 0 Å². The minimum atomic E-state index is -0.273. The van der Waals surface area contributed by atoms with E-state index in [1.54, 1.807) is 6.07 Å². The van der Waals surface area contributed by atoms with Crippen molar-refractivity contribution in [3.8, 4) is 0 Å². The van der Waals surface area contributed by atoms with E-state index in [-0.39, 0.29) is 17.5 Å². The second-order valence-electron chi connectivity index (χ2n) is 5.60. The molecule has 1 aromatic rings. The summed E-state index contributed by atoms with van der Waals surface area (Å²) in [5.74, 6) is -0.273. The number of hydrogen-bond donors (Lipinski definition) is 1. The predicted octanol–water partition coefficient (Wildman–Crippen LogP) is 3.62. The summed E-state index contributed by atoms with van der Waals surface area (Å²) < 4.78 is 24.7. The molecule has 1 N–H and O–H groups in total. The monoisotopic (exact) mass is 299 g/mol. The molecule has 0 bridgehead atoms. The molecule has 3 nitrogen and oxygen atoms in total. The molecule has 110 valence electrons. The highest BCUT2D eigenvalue weighted by molar-refractivity contribution is 6.33. The van der Waals surface area contributed by atoms with Crippen molar-refractivity contribution in [1.82, 2.24) is 0 Å². The van der Waals surface area contributed by atoms with Gasteiger partial charge in [-0.1, -0.05) is 11.6 Å². The Labute approximate surface area is 123 Å². The molecule has 1 unspecified atom stereocenters. The van der Waals surface area contributed by atoms with E-state index in [1.807, 2.05) is 0 Å². The van der Waals surface area contributed by atoms with Crippen LogP contribution in [0.2, 0.25) is 5.02 Å². The molecular formula is C15H19ClFNO2. The Bertz CT molecular complexity index is 471. The van der Waals surface area contributed by atoms with Gasteiger partial charge in [-0.2, -0.15) is 0 Å². The highest BCUT2D eigenvalue weighted by Crippen LogP contribution is 2.36. The van der Waals surface area contributed by atoms with Crippen LogP contribution in [0.25, 0.3) is 0 Å². The minimum Gasteiger partial charge on any atom is -0.381 e. The zero-order valence-electron chi connectivity index (χ0n) is 11.3. The standard InChI is InChI=1S/C15H19ClFNO2/c16-13-2-1-11(17)9-14(13)18-12-3-6-20-15(10-12)4-7-19-8-5-15/h1-2,9,12,18H,3-8,10H2. The SMILES string of the molecule is Fc1ccc(Cl)c(NC2CCOC3(CCOCC3)C2)c1. The van der Waals surface area contributed by atoms with Gasteiger partial charge in [0.25, 0.3) is 0 Å². The van der Waals surface area contributed by atoms with Gasteiger partial charge in [-0.25, -0.2) is 4.39 Å². The van der Waals surface area contributed by atoms with Crippen molar-refractivity contribution in [2.45, 2.75) is 37.3 Å². The zero-order chi connectivity index (χ0) is 14.0. The third kappa shape index (κ3) is 3.08. The van der Waals surface area contributed by atoms with E-state index in [2.05, 4.69) is 5.32 Å². The largest absolute Gasteiger partial charge is 0.381 e. The lowest BCUT2D eigenvalue weighted by molar-refractivity contribution is -0.135. The number of ether oxygens (including phenoxy) is 2. The molecule has 2 aliphatic rings. The molecule has 2 saturated heterocycles. The zero-order valence-corrected chi connectivity index (χ0v) is 12.1. The van der Waals surface area contributed by atoms with Crippen molar-refractivity contribution in [3.05, 3.63) is 29.0 Å². The van der Waals surface area contributed by atoms with Crippen LogP contribution in [0.3, 0.4) is 0 Å². The average molecular weight is 300 g/mol. The Morgan fingerprint density at radius 1 is 1.25 bits per heavy atom. The van der Waals surface area contributed by atoms with Crippen LogP contribution in [-0.4, -0.2) is 31.5 Å². The molecule has 0 aliphatic carbocycles. The highest BCUT2D eigenvalue weighted by atomic mass is 35.5. The fourth-order valence-corrected chi connectivity index (χ4v) is 3.24. The Hall–Kier alpha value is -0.840. The van der Waals surface area contributed by atoms with Crippen LogP contribution in [0, 0.1) is 5.82 Å². The van der Waals surface area contributed by atoms with Crippen molar-refractivity contribution in [2.75, 3.05) is 25.1 Å². The Kier molecular flexibility index (Phi) is 4.15. The van der Waals surface area contributed by atoms with E-state index in [4.69, 9.17) is 21.1 Å². The second-order valence-corrected chi connectivity index (χ2v) is 6.01. The van der Waals surface area contributed by atoms with Gasteiger partial charge in [-0.05, 0) is 43.9 Å². The summed E-state index contributed by atoms with van der Waals surface area (Å²) in [5, 5.41) is 3.92. The van der Waals surface area contributed by atoms with Crippen molar-refractivity contribution in [1.29, 1.82) is 0 Å². The molecule has 0 aromatic heterocycles. The first-order valence-corrected chi connectivity index (χ1v) is 7.48. The first-order chi connectivity index (χ1) is 9.67. The fourth-order valence-electron chi connectivity index (χ4n) is 3.07. The summed E-state index contributed by atoms with van der Waals surface area (Å²) in [6.45, 7) is 2.24. The average Bonchev–Trinajstić information content (AvgIpc) is 2.44. The van der Waals surface area contributed by atoms with Gasteiger partial charge in [0.1, 0.15) is 5.82 Å². The number of nitrogens with one attached hydrogen (secondary N) is 1. The van der Waals surface area contributed by atoms with Gasteiger partial charge in [0, 0.05) is 25.9 Å². The minimum absolute atomic E-state index is 0.0754. The van der Waals surface area contributed by atoms with Gasteiger partial charge in [0.2, 0.25) is 0 Å². The predicted molar refractivity (Wildman–Crippen MR) is 76.8 cm³/mol. The van der Waals surface area contributed by atoms with Crippen LogP contribution in [-0.2, 0) is 9.47 Å². The van der Waals surface area contributed by atoms with Gasteiger partial charge in [-0.3, -0.25) is 0 Å². The molecule has 1 aromatic carbocycles. The molecule has 5 heteroatoms. The van der Waals surface area contributed by atoms with Gasteiger partial charge in [-0.15, -0.1) is 0 Å². The maximum absolute atomic E-state index is 13.3. The quantitative estimate of drug-likeness (QED) is 0.905. The van der Waals surface area contributed by atoms with Crippen molar-refractivity contribution in [3.63, 3.8) is 0 Å². The lowest BCUT2D eigenvalue weighted by atomic mass is 9.84. The number of halogens is 2. The third-order valence-corrected chi connectivity index (χ3v) is 4.51. The highest BCUT2D eigenvalue weighted by Gasteiger charge is 2.39. The van der Waals surface area contributed by atoms with Crippen molar-refractivity contribution >= 4 is 17.3 Å². The van der Waals surface area contributed by atoms with E-state index in [0.717, 1.165) is 45.5 Å². The lowest BCUT2D eigenvalue weighted by Crippen LogP contribution is -2.47. The second kappa shape index (κ2) is 5.88. The summed E-state index contributed by atoms with van der Waals surface area (Å²) in [6, 6.07) is 4.68. The molecule has 1 atom stereocenters. The van der Waals surface area contributed by atoms with E-state index < -0.39 is 0 Å². The van der Waals surface area contributed by atoms with Crippen LogP contribution in [0.4, 0.5) is 10.1 Å². The van der Waals surface area contributed by atoms with Crippen LogP contribution < -0.4 is 5.32 Å². The van der Waals surface area contributed by atoms with E-state index in [0.29, 0.717) is 10.7 Å². The topological polar surface area (TPSA) is 30.5 Å². The number of anilines is 1. The Morgan fingerprint density at radius 2 is 2.05 bits per heavy atom. The Balaban J connectivity index is 1.69. The smallest absolute Gasteiger partial charge is 0.125 e. The van der Waals surface area contributed by atoms with Crippen molar-refractivity contribution < 1.29 is 13.9 Å². The third-order valence-electron chi connectivity index (χ3n) is 4.19. The summed E-state index contributed by atoms with van der Waals surface area (Å²) in [7, 11) is 0. The van der Waals surface area contributed by atoms with Crippen LogP contribution >= 0.6 is 11.6 Å². The molecule has 2 heterocycles. The van der Waals surface area contributed by atoms with E-state index in [9.17, 15) is 4.39 Å². The summed E-state index contributed by atoms with van der Waals surface area (Å²) in [6.07, 6.45) is 3.70. The van der Waals surface area contributed by atoms with Crippen LogP contribution in [0.1, 0.15) is 25.7 Å².